The fraction of sp³-hybridized carbons (Fsp3) is 0.0909. The van der Waals surface area contributed by atoms with E-state index in [-0.39, 0.29) is 28.9 Å². The molecule has 3 rings (SSSR count). The molecule has 0 aliphatic heterocycles. The summed E-state index contributed by atoms with van der Waals surface area (Å²) >= 11 is 0. The van der Waals surface area contributed by atoms with E-state index >= 15 is 0 Å². The summed E-state index contributed by atoms with van der Waals surface area (Å²) < 4.78 is 55.9. The number of carbonyl (C=O) groups is 1. The molecule has 1 aromatic heterocycles. The van der Waals surface area contributed by atoms with Crippen molar-refractivity contribution in [1.29, 1.82) is 5.26 Å². The van der Waals surface area contributed by atoms with E-state index in [0.717, 1.165) is 12.1 Å². The minimum Gasteiger partial charge on any atom is -0.477 e. The third kappa shape index (κ3) is 4.41. The number of hydrogen-bond acceptors (Lipinski definition) is 2. The molecule has 0 saturated carbocycles. The average molecular weight is 414 g/mol. The van der Waals surface area contributed by atoms with Crippen molar-refractivity contribution >= 4 is 12.0 Å². The Balaban J connectivity index is 2.16. The molecule has 4 nitrogen and oxygen atoms in total. The summed E-state index contributed by atoms with van der Waals surface area (Å²) in [5.41, 5.74) is -0.778. The molecule has 152 valence electrons. The van der Waals surface area contributed by atoms with Crippen LogP contribution in [0.2, 0.25) is 0 Å². The lowest BCUT2D eigenvalue weighted by Gasteiger charge is -2.15. The van der Waals surface area contributed by atoms with Crippen LogP contribution in [0, 0.1) is 17.1 Å². The maximum atomic E-state index is 14.4. The molecule has 0 amide bonds. The number of alkyl halides is 3. The zero-order valence-electron chi connectivity index (χ0n) is 15.3. The number of carboxylic acids is 1. The predicted molar refractivity (Wildman–Crippen MR) is 102 cm³/mol. The fourth-order valence-electron chi connectivity index (χ4n) is 3.07. The van der Waals surface area contributed by atoms with Crippen molar-refractivity contribution in [3.8, 4) is 17.3 Å². The molecule has 0 spiro atoms. The van der Waals surface area contributed by atoms with Gasteiger partial charge in [0.2, 0.25) is 0 Å². The van der Waals surface area contributed by atoms with Crippen molar-refractivity contribution in [2.75, 3.05) is 0 Å². The Labute approximate surface area is 168 Å². The number of aliphatic carboxylic acids is 1. The van der Waals surface area contributed by atoms with Gasteiger partial charge in [-0.25, -0.2) is 9.18 Å². The molecule has 0 bridgehead atoms. The van der Waals surface area contributed by atoms with E-state index in [1.54, 1.807) is 6.07 Å². The van der Waals surface area contributed by atoms with Crippen LogP contribution in [0.1, 0.15) is 16.7 Å². The molecule has 30 heavy (non-hydrogen) atoms. The Bertz CT molecular complexity index is 1170. The van der Waals surface area contributed by atoms with Gasteiger partial charge in [0.1, 0.15) is 17.5 Å². The number of carboxylic acid groups (broad SMARTS) is 1. The van der Waals surface area contributed by atoms with E-state index in [1.807, 2.05) is 0 Å². The summed E-state index contributed by atoms with van der Waals surface area (Å²) in [5.74, 6) is -2.03. The number of hydrogen-bond donors (Lipinski definition) is 1. The van der Waals surface area contributed by atoms with Crippen LogP contribution in [0.15, 0.2) is 66.4 Å². The first-order chi connectivity index (χ1) is 14.2. The molecule has 0 unspecified atom stereocenters. The molecular formula is C22H14F4N2O2. The van der Waals surface area contributed by atoms with Crippen LogP contribution in [-0.4, -0.2) is 15.6 Å². The SMILES string of the molecule is N#C/C(=C\c1cc(-c2ccccc2F)n(Cc2ccccc2C(F)(F)F)c1)C(=O)O. The lowest BCUT2D eigenvalue weighted by molar-refractivity contribution is -0.138. The van der Waals surface area contributed by atoms with Crippen LogP contribution in [0.3, 0.4) is 0 Å². The van der Waals surface area contributed by atoms with Gasteiger partial charge in [-0.05, 0) is 41.5 Å². The Morgan fingerprint density at radius 2 is 1.80 bits per heavy atom. The zero-order chi connectivity index (χ0) is 21.9. The van der Waals surface area contributed by atoms with Gasteiger partial charge in [-0.15, -0.1) is 0 Å². The van der Waals surface area contributed by atoms with E-state index in [9.17, 15) is 22.4 Å². The highest BCUT2D eigenvalue weighted by Crippen LogP contribution is 2.33. The lowest BCUT2D eigenvalue weighted by atomic mass is 10.1. The minimum absolute atomic E-state index is 0.0348. The first-order valence-electron chi connectivity index (χ1n) is 8.66. The van der Waals surface area contributed by atoms with Crippen molar-refractivity contribution in [1.82, 2.24) is 4.57 Å². The van der Waals surface area contributed by atoms with Gasteiger partial charge in [-0.3, -0.25) is 0 Å². The topological polar surface area (TPSA) is 66.0 Å². The third-order valence-corrected chi connectivity index (χ3v) is 4.39. The largest absolute Gasteiger partial charge is 0.477 e. The first kappa shape index (κ1) is 20.9. The average Bonchev–Trinajstić information content (AvgIpc) is 3.08. The van der Waals surface area contributed by atoms with Crippen molar-refractivity contribution in [3.05, 3.63) is 88.9 Å². The second-order valence-corrected chi connectivity index (χ2v) is 6.40. The van der Waals surface area contributed by atoms with Crippen molar-refractivity contribution in [3.63, 3.8) is 0 Å². The Kier molecular flexibility index (Phi) is 5.74. The van der Waals surface area contributed by atoms with E-state index in [0.29, 0.717) is 0 Å². The summed E-state index contributed by atoms with van der Waals surface area (Å²) in [5, 5.41) is 18.0. The van der Waals surface area contributed by atoms with Crippen LogP contribution in [0.5, 0.6) is 0 Å². The summed E-state index contributed by atoms with van der Waals surface area (Å²) in [6.07, 6.45) is -2.10. The molecule has 1 heterocycles. The Morgan fingerprint density at radius 3 is 2.43 bits per heavy atom. The molecule has 8 heteroatoms. The molecule has 1 N–H and O–H groups in total. The van der Waals surface area contributed by atoms with Crippen LogP contribution >= 0.6 is 0 Å². The number of halogens is 4. The molecule has 2 aromatic carbocycles. The third-order valence-electron chi connectivity index (χ3n) is 4.39. The molecule has 0 atom stereocenters. The molecule has 0 fully saturated rings. The van der Waals surface area contributed by atoms with E-state index < -0.39 is 29.1 Å². The van der Waals surface area contributed by atoms with Gasteiger partial charge < -0.3 is 9.67 Å². The summed E-state index contributed by atoms with van der Waals surface area (Å²) in [6.45, 7) is -0.234. The predicted octanol–water partition coefficient (Wildman–Crippen LogP) is 5.35. The molecule has 0 aliphatic rings. The van der Waals surface area contributed by atoms with Gasteiger partial charge in [-0.2, -0.15) is 18.4 Å². The highest BCUT2D eigenvalue weighted by atomic mass is 19.4. The van der Waals surface area contributed by atoms with E-state index in [4.69, 9.17) is 10.4 Å². The van der Waals surface area contributed by atoms with Crippen LogP contribution in [0.4, 0.5) is 17.6 Å². The fourth-order valence-corrected chi connectivity index (χ4v) is 3.07. The van der Waals surface area contributed by atoms with Crippen molar-refractivity contribution < 1.29 is 27.5 Å². The van der Waals surface area contributed by atoms with E-state index in [2.05, 4.69) is 0 Å². The van der Waals surface area contributed by atoms with Gasteiger partial charge in [0.15, 0.2) is 0 Å². The zero-order valence-corrected chi connectivity index (χ0v) is 15.3. The number of benzene rings is 2. The summed E-state index contributed by atoms with van der Waals surface area (Å²) in [7, 11) is 0. The highest BCUT2D eigenvalue weighted by molar-refractivity contribution is 5.96. The maximum Gasteiger partial charge on any atom is 0.416 e. The standard InChI is InChI=1S/C22H14F4N2O2/c23-19-8-4-2-6-17(19)20-10-14(9-16(11-27)21(29)30)12-28(20)13-15-5-1-3-7-18(15)22(24,25)26/h1-10,12H,13H2,(H,29,30)/b16-9+. The number of nitrogens with zero attached hydrogens (tertiary/aromatic N) is 2. The van der Waals surface area contributed by atoms with E-state index in [1.165, 1.54) is 59.3 Å². The van der Waals surface area contributed by atoms with Gasteiger partial charge in [0.25, 0.3) is 0 Å². The van der Waals surface area contributed by atoms with Gasteiger partial charge >= 0.3 is 12.1 Å². The van der Waals surface area contributed by atoms with Gasteiger partial charge in [0, 0.05) is 18.3 Å². The number of aromatic nitrogens is 1. The normalized spacial score (nSPS) is 11.9. The van der Waals surface area contributed by atoms with Gasteiger partial charge in [0.05, 0.1) is 11.3 Å². The summed E-state index contributed by atoms with van der Waals surface area (Å²) in [4.78, 5) is 11.1. The molecule has 0 radical (unpaired) electrons. The number of rotatable bonds is 5. The molecule has 0 saturated heterocycles. The first-order valence-corrected chi connectivity index (χ1v) is 8.66. The molecule has 0 aliphatic carbocycles. The maximum absolute atomic E-state index is 14.4. The second kappa shape index (κ2) is 8.25. The summed E-state index contributed by atoms with van der Waals surface area (Å²) in [6, 6.07) is 13.7. The molecular weight excluding hydrogens is 400 g/mol. The number of nitriles is 1. The Hall–Kier alpha value is -3.86. The molecule has 3 aromatic rings. The smallest absolute Gasteiger partial charge is 0.416 e. The Morgan fingerprint density at radius 1 is 1.13 bits per heavy atom. The van der Waals surface area contributed by atoms with Crippen molar-refractivity contribution in [2.24, 2.45) is 0 Å². The van der Waals surface area contributed by atoms with Crippen LogP contribution in [0.25, 0.3) is 17.3 Å². The monoisotopic (exact) mass is 414 g/mol. The van der Waals surface area contributed by atoms with Crippen LogP contribution < -0.4 is 0 Å². The van der Waals surface area contributed by atoms with Crippen molar-refractivity contribution in [2.45, 2.75) is 12.7 Å². The van der Waals surface area contributed by atoms with Gasteiger partial charge in [-0.1, -0.05) is 30.3 Å². The van der Waals surface area contributed by atoms with Crippen LogP contribution in [-0.2, 0) is 17.5 Å². The minimum atomic E-state index is -4.57. The highest BCUT2D eigenvalue weighted by Gasteiger charge is 2.33. The quantitative estimate of drug-likeness (QED) is 0.348. The lowest BCUT2D eigenvalue weighted by Crippen LogP contribution is -2.11. The second-order valence-electron chi connectivity index (χ2n) is 6.40.